The van der Waals surface area contributed by atoms with Crippen LogP contribution in [0.15, 0.2) is 77.7 Å². The second-order valence-corrected chi connectivity index (χ2v) is 7.99. The fraction of sp³-hybridized carbons (Fsp3) is 0.125. The third-order valence-electron chi connectivity index (χ3n) is 4.25. The van der Waals surface area contributed by atoms with Gasteiger partial charge in [0.05, 0.1) is 5.75 Å². The first-order chi connectivity index (χ1) is 14.9. The molecule has 158 valence electrons. The summed E-state index contributed by atoms with van der Waals surface area (Å²) in [4.78, 5) is 36.5. The topological polar surface area (TPSA) is 87.3 Å². The number of anilines is 3. The zero-order valence-electron chi connectivity index (χ0n) is 17.3. The fourth-order valence-corrected chi connectivity index (χ4v) is 3.51. The number of amides is 3. The van der Waals surface area contributed by atoms with Gasteiger partial charge in [0.15, 0.2) is 0 Å². The lowest BCUT2D eigenvalue weighted by Crippen LogP contribution is -2.14. The number of aryl methyl sites for hydroxylation is 1. The number of hydrogen-bond acceptors (Lipinski definition) is 4. The van der Waals surface area contributed by atoms with E-state index in [9.17, 15) is 14.4 Å². The van der Waals surface area contributed by atoms with Gasteiger partial charge in [-0.25, -0.2) is 0 Å². The minimum atomic E-state index is -0.159. The van der Waals surface area contributed by atoms with Gasteiger partial charge < -0.3 is 16.0 Å². The third-order valence-corrected chi connectivity index (χ3v) is 5.26. The van der Waals surface area contributed by atoms with E-state index in [4.69, 9.17) is 0 Å². The Morgan fingerprint density at radius 3 is 1.97 bits per heavy atom. The van der Waals surface area contributed by atoms with Gasteiger partial charge in [0.1, 0.15) is 0 Å². The normalized spacial score (nSPS) is 10.3. The molecule has 7 heteroatoms. The maximum Gasteiger partial charge on any atom is 0.255 e. The Morgan fingerprint density at radius 1 is 0.774 bits per heavy atom. The minimum Gasteiger partial charge on any atom is -0.326 e. The summed E-state index contributed by atoms with van der Waals surface area (Å²) in [6.45, 7) is 3.39. The quantitative estimate of drug-likeness (QED) is 0.461. The maximum absolute atomic E-state index is 12.3. The van der Waals surface area contributed by atoms with Gasteiger partial charge >= 0.3 is 0 Å². The van der Waals surface area contributed by atoms with E-state index in [0.717, 1.165) is 10.5 Å². The van der Waals surface area contributed by atoms with Crippen LogP contribution in [0, 0.1) is 6.92 Å². The Hall–Kier alpha value is -3.58. The molecule has 0 aliphatic rings. The molecule has 0 saturated heterocycles. The Kier molecular flexibility index (Phi) is 7.45. The molecule has 0 fully saturated rings. The van der Waals surface area contributed by atoms with E-state index in [1.54, 1.807) is 30.3 Å². The number of carbonyl (C=O) groups excluding carboxylic acids is 3. The van der Waals surface area contributed by atoms with Crippen LogP contribution in [0.2, 0.25) is 0 Å². The molecule has 0 saturated carbocycles. The summed E-state index contributed by atoms with van der Waals surface area (Å²) in [5.74, 6) is -0.182. The highest BCUT2D eigenvalue weighted by Gasteiger charge is 2.07. The average Bonchev–Trinajstić information content (AvgIpc) is 2.74. The summed E-state index contributed by atoms with van der Waals surface area (Å²) >= 11 is 1.40. The van der Waals surface area contributed by atoms with Crippen molar-refractivity contribution in [3.05, 3.63) is 83.9 Å². The van der Waals surface area contributed by atoms with Crippen molar-refractivity contribution in [1.82, 2.24) is 0 Å². The molecular weight excluding hydrogens is 410 g/mol. The van der Waals surface area contributed by atoms with Gasteiger partial charge in [-0.05, 0) is 67.6 Å². The summed E-state index contributed by atoms with van der Waals surface area (Å²) in [6, 6.07) is 21.7. The smallest absolute Gasteiger partial charge is 0.255 e. The minimum absolute atomic E-state index is 0.130. The van der Waals surface area contributed by atoms with Crippen LogP contribution in [0.5, 0.6) is 0 Å². The van der Waals surface area contributed by atoms with Crippen molar-refractivity contribution >= 4 is 46.5 Å². The summed E-state index contributed by atoms with van der Waals surface area (Å²) in [6.07, 6.45) is 0. The number of rotatable bonds is 7. The van der Waals surface area contributed by atoms with E-state index >= 15 is 0 Å². The van der Waals surface area contributed by atoms with Crippen LogP contribution in [0.1, 0.15) is 22.8 Å². The highest BCUT2D eigenvalue weighted by Crippen LogP contribution is 2.21. The summed E-state index contributed by atoms with van der Waals surface area (Å²) in [5, 5.41) is 8.37. The molecule has 31 heavy (non-hydrogen) atoms. The summed E-state index contributed by atoms with van der Waals surface area (Å²) in [7, 11) is 0. The summed E-state index contributed by atoms with van der Waals surface area (Å²) < 4.78 is 0. The lowest BCUT2D eigenvalue weighted by atomic mass is 10.1. The van der Waals surface area contributed by atoms with E-state index in [1.165, 1.54) is 18.7 Å². The molecule has 6 nitrogen and oxygen atoms in total. The van der Waals surface area contributed by atoms with Gasteiger partial charge in [-0.2, -0.15) is 0 Å². The number of hydrogen-bond donors (Lipinski definition) is 3. The summed E-state index contributed by atoms with van der Waals surface area (Å²) in [5.41, 5.74) is 3.67. The Bertz CT molecular complexity index is 1080. The molecule has 3 aromatic rings. The fourth-order valence-electron chi connectivity index (χ4n) is 2.81. The van der Waals surface area contributed by atoms with Crippen LogP contribution < -0.4 is 16.0 Å². The van der Waals surface area contributed by atoms with Crippen molar-refractivity contribution < 1.29 is 14.4 Å². The van der Waals surface area contributed by atoms with E-state index < -0.39 is 0 Å². The molecule has 0 aliphatic carbocycles. The molecule has 0 unspecified atom stereocenters. The largest absolute Gasteiger partial charge is 0.326 e. The number of thioether (sulfide) groups is 1. The Labute approximate surface area is 185 Å². The molecule has 3 amide bonds. The molecule has 0 bridgehead atoms. The van der Waals surface area contributed by atoms with Crippen LogP contribution in [-0.4, -0.2) is 23.5 Å². The van der Waals surface area contributed by atoms with E-state index in [1.807, 2.05) is 49.4 Å². The lowest BCUT2D eigenvalue weighted by molar-refractivity contribution is -0.114. The zero-order valence-corrected chi connectivity index (χ0v) is 18.1. The molecule has 0 atom stereocenters. The maximum atomic E-state index is 12.3. The van der Waals surface area contributed by atoms with Crippen LogP contribution in [0.3, 0.4) is 0 Å². The standard InChI is InChI=1S/C24H23N3O3S/c1-16-4-3-5-18(14-16)24(30)27-21-10-12-22(13-11-21)31-15-23(29)26-20-8-6-19(7-9-20)25-17(2)28/h3-14H,15H2,1-2H3,(H,25,28)(H,26,29)(H,27,30). The predicted octanol–water partition coefficient (Wildman–Crippen LogP) is 4.94. The third kappa shape index (κ3) is 7.01. The van der Waals surface area contributed by atoms with Gasteiger partial charge in [0, 0.05) is 34.4 Å². The van der Waals surface area contributed by atoms with E-state index in [-0.39, 0.29) is 23.5 Å². The molecule has 0 spiro atoms. The Morgan fingerprint density at radius 2 is 1.35 bits per heavy atom. The van der Waals surface area contributed by atoms with Gasteiger partial charge in [-0.3, -0.25) is 14.4 Å². The van der Waals surface area contributed by atoms with E-state index in [2.05, 4.69) is 16.0 Å². The van der Waals surface area contributed by atoms with Crippen molar-refractivity contribution in [3.8, 4) is 0 Å². The molecule has 0 radical (unpaired) electrons. The molecule has 0 aliphatic heterocycles. The van der Waals surface area contributed by atoms with Crippen molar-refractivity contribution in [2.24, 2.45) is 0 Å². The van der Waals surface area contributed by atoms with Gasteiger partial charge in [0.2, 0.25) is 11.8 Å². The first-order valence-corrected chi connectivity index (χ1v) is 10.7. The molecule has 0 heterocycles. The van der Waals surface area contributed by atoms with Crippen LogP contribution in [-0.2, 0) is 9.59 Å². The van der Waals surface area contributed by atoms with Crippen LogP contribution in [0.25, 0.3) is 0 Å². The van der Waals surface area contributed by atoms with Gasteiger partial charge in [-0.15, -0.1) is 11.8 Å². The first kappa shape index (κ1) is 22.1. The highest BCUT2D eigenvalue weighted by molar-refractivity contribution is 8.00. The van der Waals surface area contributed by atoms with Crippen molar-refractivity contribution in [2.45, 2.75) is 18.7 Å². The molecular formula is C24H23N3O3S. The highest BCUT2D eigenvalue weighted by atomic mass is 32.2. The first-order valence-electron chi connectivity index (χ1n) is 9.67. The second kappa shape index (κ2) is 10.4. The molecule has 3 N–H and O–H groups in total. The van der Waals surface area contributed by atoms with Crippen LogP contribution >= 0.6 is 11.8 Å². The SMILES string of the molecule is CC(=O)Nc1ccc(NC(=O)CSc2ccc(NC(=O)c3cccc(C)c3)cc2)cc1. The van der Waals surface area contributed by atoms with Gasteiger partial charge in [0.25, 0.3) is 5.91 Å². The zero-order chi connectivity index (χ0) is 22.2. The van der Waals surface area contributed by atoms with Crippen molar-refractivity contribution in [3.63, 3.8) is 0 Å². The molecule has 3 rings (SSSR count). The van der Waals surface area contributed by atoms with Gasteiger partial charge in [-0.1, -0.05) is 17.7 Å². The Balaban J connectivity index is 1.48. The van der Waals surface area contributed by atoms with Crippen molar-refractivity contribution in [1.29, 1.82) is 0 Å². The average molecular weight is 434 g/mol. The van der Waals surface area contributed by atoms with Crippen LogP contribution in [0.4, 0.5) is 17.1 Å². The second-order valence-electron chi connectivity index (χ2n) is 6.94. The number of nitrogens with one attached hydrogen (secondary N) is 3. The van der Waals surface area contributed by atoms with Crippen molar-refractivity contribution in [2.75, 3.05) is 21.7 Å². The predicted molar refractivity (Wildman–Crippen MR) is 126 cm³/mol. The van der Waals surface area contributed by atoms with E-state index in [0.29, 0.717) is 22.6 Å². The monoisotopic (exact) mass is 433 g/mol. The number of benzene rings is 3. The lowest BCUT2D eigenvalue weighted by Gasteiger charge is -2.08. The molecule has 0 aromatic heterocycles. The molecule has 3 aromatic carbocycles. The number of carbonyl (C=O) groups is 3.